The summed E-state index contributed by atoms with van der Waals surface area (Å²) in [7, 11) is 1.36. The molecule has 1 aromatic rings. The van der Waals surface area contributed by atoms with Crippen LogP contribution in [0.1, 0.15) is 29.4 Å². The largest absolute Gasteiger partial charge is 0.465 e. The molecule has 1 rings (SSSR count). The number of methoxy groups -OCH3 is 1. The summed E-state index contributed by atoms with van der Waals surface area (Å²) in [6.07, 6.45) is 0.774. The molecule has 17 heavy (non-hydrogen) atoms. The van der Waals surface area contributed by atoms with Crippen LogP contribution in [0, 0.1) is 18.8 Å². The lowest BCUT2D eigenvalue weighted by molar-refractivity contribution is 0.0599. The lowest BCUT2D eigenvalue weighted by atomic mass is 10.2. The Bertz CT molecular complexity index is 458. The summed E-state index contributed by atoms with van der Waals surface area (Å²) in [4.78, 5) is 15.6. The number of carbonyl (C=O) groups excluding carboxylic acids is 1. The third kappa shape index (κ3) is 3.80. The van der Waals surface area contributed by atoms with Crippen LogP contribution in [0.25, 0.3) is 0 Å². The number of hydrogen-bond donors (Lipinski definition) is 1. The minimum atomic E-state index is -0.363. The van der Waals surface area contributed by atoms with Gasteiger partial charge in [-0.2, -0.15) is 0 Å². The van der Waals surface area contributed by atoms with Gasteiger partial charge < -0.3 is 10.1 Å². The van der Waals surface area contributed by atoms with Crippen molar-refractivity contribution in [3.63, 3.8) is 0 Å². The maximum atomic E-state index is 11.3. The van der Waals surface area contributed by atoms with E-state index in [2.05, 4.69) is 26.9 Å². The molecule has 1 N–H and O–H groups in total. The number of rotatable bonds is 4. The number of nitrogens with one attached hydrogen (secondary N) is 1. The van der Waals surface area contributed by atoms with Crippen molar-refractivity contribution in [3.8, 4) is 11.8 Å². The van der Waals surface area contributed by atoms with Crippen LogP contribution >= 0.6 is 0 Å². The van der Waals surface area contributed by atoms with Gasteiger partial charge in [-0.1, -0.05) is 0 Å². The van der Waals surface area contributed by atoms with Crippen molar-refractivity contribution < 1.29 is 9.53 Å². The van der Waals surface area contributed by atoms with Crippen LogP contribution in [-0.4, -0.2) is 24.6 Å². The second-order valence-corrected chi connectivity index (χ2v) is 3.42. The Balaban J connectivity index is 2.67. The molecule has 4 heteroatoms. The highest BCUT2D eigenvalue weighted by Crippen LogP contribution is 2.11. The minimum Gasteiger partial charge on any atom is -0.465 e. The normalized spacial score (nSPS) is 9.12. The number of carbonyl (C=O) groups is 1. The molecule has 90 valence electrons. The van der Waals surface area contributed by atoms with E-state index in [4.69, 9.17) is 0 Å². The van der Waals surface area contributed by atoms with E-state index in [1.165, 1.54) is 7.11 Å². The number of pyridine rings is 1. The van der Waals surface area contributed by atoms with E-state index in [9.17, 15) is 4.79 Å². The van der Waals surface area contributed by atoms with Gasteiger partial charge in [-0.3, -0.25) is 0 Å². The molecule has 4 nitrogen and oxygen atoms in total. The van der Waals surface area contributed by atoms with Crippen LogP contribution in [0.15, 0.2) is 12.1 Å². The molecule has 0 unspecified atom stereocenters. The van der Waals surface area contributed by atoms with E-state index in [1.807, 2.05) is 6.92 Å². The Kier molecular flexibility index (Phi) is 5.02. The molecule has 0 aliphatic carbocycles. The zero-order valence-corrected chi connectivity index (χ0v) is 10.3. The second-order valence-electron chi connectivity index (χ2n) is 3.42. The average molecular weight is 232 g/mol. The first-order chi connectivity index (χ1) is 8.19. The minimum absolute atomic E-state index is 0.363. The van der Waals surface area contributed by atoms with Crippen LogP contribution < -0.4 is 5.32 Å². The zero-order valence-electron chi connectivity index (χ0n) is 10.3. The molecular weight excluding hydrogens is 216 g/mol. The number of aromatic nitrogens is 1. The quantitative estimate of drug-likeness (QED) is 0.490. The van der Waals surface area contributed by atoms with Crippen molar-refractivity contribution in [3.05, 3.63) is 23.4 Å². The molecule has 0 aromatic carbocycles. The lowest BCUT2D eigenvalue weighted by Gasteiger charge is -2.07. The van der Waals surface area contributed by atoms with Crippen molar-refractivity contribution >= 4 is 11.8 Å². The van der Waals surface area contributed by atoms with E-state index in [1.54, 1.807) is 19.1 Å². The van der Waals surface area contributed by atoms with Crippen LogP contribution in [0.3, 0.4) is 0 Å². The van der Waals surface area contributed by atoms with E-state index in [0.29, 0.717) is 11.3 Å². The van der Waals surface area contributed by atoms with Gasteiger partial charge >= 0.3 is 5.97 Å². The summed E-state index contributed by atoms with van der Waals surface area (Å²) in [6, 6.07) is 3.47. The standard InChI is InChI=1S/C13H16N2O2/c1-4-5-6-9-14-12-8-7-11(10(2)15-12)13(16)17-3/h7-8H,6,9H2,1-3H3,(H,14,15). The average Bonchev–Trinajstić information content (AvgIpc) is 2.34. The van der Waals surface area contributed by atoms with Crippen molar-refractivity contribution in [2.75, 3.05) is 19.0 Å². The number of nitrogens with zero attached hydrogens (tertiary/aromatic N) is 1. The molecule has 0 fully saturated rings. The first kappa shape index (κ1) is 13.0. The maximum absolute atomic E-state index is 11.3. The second kappa shape index (κ2) is 6.54. The smallest absolute Gasteiger partial charge is 0.339 e. The zero-order chi connectivity index (χ0) is 12.7. The van der Waals surface area contributed by atoms with Gasteiger partial charge in [0.2, 0.25) is 0 Å². The molecule has 0 aliphatic heterocycles. The van der Waals surface area contributed by atoms with Gasteiger partial charge in [-0.05, 0) is 26.0 Å². The summed E-state index contributed by atoms with van der Waals surface area (Å²) in [5.41, 5.74) is 1.15. The van der Waals surface area contributed by atoms with Crippen molar-refractivity contribution in [2.24, 2.45) is 0 Å². The highest BCUT2D eigenvalue weighted by molar-refractivity contribution is 5.90. The number of aryl methyl sites for hydroxylation is 1. The number of esters is 1. The fourth-order valence-corrected chi connectivity index (χ4v) is 1.36. The van der Waals surface area contributed by atoms with Gasteiger partial charge in [-0.15, -0.1) is 11.8 Å². The van der Waals surface area contributed by atoms with Gasteiger partial charge in [0.05, 0.1) is 18.4 Å². The molecular formula is C13H16N2O2. The van der Waals surface area contributed by atoms with Crippen LogP contribution in [0.5, 0.6) is 0 Å². The van der Waals surface area contributed by atoms with E-state index < -0.39 is 0 Å². The number of anilines is 1. The first-order valence-corrected chi connectivity index (χ1v) is 5.38. The monoisotopic (exact) mass is 232 g/mol. The van der Waals surface area contributed by atoms with Gasteiger partial charge in [0.15, 0.2) is 0 Å². The Hall–Kier alpha value is -2.02. The fraction of sp³-hybridized carbons (Fsp3) is 0.385. The summed E-state index contributed by atoms with van der Waals surface area (Å²) < 4.78 is 4.65. The first-order valence-electron chi connectivity index (χ1n) is 5.38. The summed E-state index contributed by atoms with van der Waals surface area (Å²) in [6.45, 7) is 4.34. The van der Waals surface area contributed by atoms with Crippen molar-refractivity contribution in [1.82, 2.24) is 4.98 Å². The van der Waals surface area contributed by atoms with E-state index in [-0.39, 0.29) is 5.97 Å². The van der Waals surface area contributed by atoms with Gasteiger partial charge in [-0.25, -0.2) is 9.78 Å². The van der Waals surface area contributed by atoms with Crippen molar-refractivity contribution in [1.29, 1.82) is 0 Å². The Morgan fingerprint density at radius 1 is 1.53 bits per heavy atom. The molecule has 0 spiro atoms. The van der Waals surface area contributed by atoms with E-state index in [0.717, 1.165) is 18.8 Å². The predicted octanol–water partition coefficient (Wildman–Crippen LogP) is 2.00. The molecule has 0 radical (unpaired) electrons. The summed E-state index contributed by atoms with van der Waals surface area (Å²) in [5.74, 6) is 6.16. The predicted molar refractivity (Wildman–Crippen MR) is 66.9 cm³/mol. The van der Waals surface area contributed by atoms with Crippen LogP contribution in [0.2, 0.25) is 0 Å². The maximum Gasteiger partial charge on any atom is 0.339 e. The molecule has 0 aliphatic rings. The molecule has 0 saturated carbocycles. The SMILES string of the molecule is CC#CCCNc1ccc(C(=O)OC)c(C)n1. The topological polar surface area (TPSA) is 51.2 Å². The van der Waals surface area contributed by atoms with Crippen LogP contribution in [-0.2, 0) is 4.74 Å². The Morgan fingerprint density at radius 2 is 2.29 bits per heavy atom. The fourth-order valence-electron chi connectivity index (χ4n) is 1.36. The van der Waals surface area contributed by atoms with Gasteiger partial charge in [0.1, 0.15) is 5.82 Å². The summed E-state index contributed by atoms with van der Waals surface area (Å²) >= 11 is 0. The van der Waals surface area contributed by atoms with E-state index >= 15 is 0 Å². The van der Waals surface area contributed by atoms with Crippen molar-refractivity contribution in [2.45, 2.75) is 20.3 Å². The highest BCUT2D eigenvalue weighted by atomic mass is 16.5. The molecule has 1 aromatic heterocycles. The van der Waals surface area contributed by atoms with Gasteiger partial charge in [0.25, 0.3) is 0 Å². The third-order valence-electron chi connectivity index (χ3n) is 2.22. The molecule has 0 saturated heterocycles. The van der Waals surface area contributed by atoms with Crippen LogP contribution in [0.4, 0.5) is 5.82 Å². The Labute approximate surface area is 101 Å². The molecule has 1 heterocycles. The highest BCUT2D eigenvalue weighted by Gasteiger charge is 2.10. The molecule has 0 atom stereocenters. The third-order valence-corrected chi connectivity index (χ3v) is 2.22. The summed E-state index contributed by atoms with van der Waals surface area (Å²) in [5, 5.41) is 3.14. The number of hydrogen-bond acceptors (Lipinski definition) is 4. The van der Waals surface area contributed by atoms with Gasteiger partial charge in [0, 0.05) is 13.0 Å². The molecule has 0 amide bonds. The molecule has 0 bridgehead atoms. The lowest BCUT2D eigenvalue weighted by Crippen LogP contribution is -2.08. The Morgan fingerprint density at radius 3 is 2.88 bits per heavy atom. The number of ether oxygens (including phenoxy) is 1.